The van der Waals surface area contributed by atoms with Crippen molar-refractivity contribution in [3.05, 3.63) is 51.4 Å². The summed E-state index contributed by atoms with van der Waals surface area (Å²) in [4.78, 5) is 27.2. The molecule has 0 bridgehead atoms. The first kappa shape index (κ1) is 19.1. The van der Waals surface area contributed by atoms with Crippen molar-refractivity contribution in [1.29, 1.82) is 0 Å². The van der Waals surface area contributed by atoms with Gasteiger partial charge in [0.1, 0.15) is 4.49 Å². The number of benzene rings is 1. The molecule has 25 heavy (non-hydrogen) atoms. The minimum atomic E-state index is -1.25. The van der Waals surface area contributed by atoms with Gasteiger partial charge < -0.3 is 15.0 Å². The van der Waals surface area contributed by atoms with E-state index in [9.17, 15) is 9.59 Å². The number of imidazole rings is 1. The number of nitrogens with one attached hydrogen (secondary N) is 2. The number of carboxylic acid groups (broad SMARTS) is 1. The third kappa shape index (κ3) is 5.38. The van der Waals surface area contributed by atoms with E-state index in [0.29, 0.717) is 10.7 Å². The van der Waals surface area contributed by atoms with E-state index in [0.717, 1.165) is 5.56 Å². The van der Waals surface area contributed by atoms with E-state index in [2.05, 4.69) is 15.6 Å². The van der Waals surface area contributed by atoms with Gasteiger partial charge in [-0.05, 0) is 36.8 Å². The van der Waals surface area contributed by atoms with E-state index in [1.54, 1.807) is 25.1 Å². The number of aryl methyl sites for hydroxylation is 1. The van der Waals surface area contributed by atoms with Crippen LogP contribution in [-0.4, -0.2) is 26.7 Å². The van der Waals surface area contributed by atoms with Gasteiger partial charge in [-0.3, -0.25) is 5.32 Å². The second kappa shape index (κ2) is 8.24. The minimum absolute atomic E-state index is 0.00416. The lowest BCUT2D eigenvalue weighted by Gasteiger charge is -2.08. The van der Waals surface area contributed by atoms with E-state index < -0.39 is 12.0 Å². The van der Waals surface area contributed by atoms with Crippen molar-refractivity contribution < 1.29 is 14.7 Å². The molecule has 1 aromatic heterocycles. The molecule has 0 unspecified atom stereocenters. The van der Waals surface area contributed by atoms with Gasteiger partial charge in [-0.2, -0.15) is 0 Å². The molecule has 0 aliphatic heterocycles. The molecular formula is C15H13Cl3N4O3. The average molecular weight is 404 g/mol. The first-order valence-corrected chi connectivity index (χ1v) is 8.05. The molecule has 0 aliphatic carbocycles. The summed E-state index contributed by atoms with van der Waals surface area (Å²) >= 11 is 16.9. The second-order valence-corrected chi connectivity index (χ2v) is 6.38. The van der Waals surface area contributed by atoms with Gasteiger partial charge >= 0.3 is 12.0 Å². The highest BCUT2D eigenvalue weighted by Crippen LogP contribution is 2.20. The molecule has 2 aromatic rings. The lowest BCUT2D eigenvalue weighted by molar-refractivity contribution is 0.0679. The van der Waals surface area contributed by atoms with Crippen LogP contribution in [0.4, 0.5) is 16.3 Å². The van der Waals surface area contributed by atoms with Gasteiger partial charge in [0, 0.05) is 23.5 Å². The maximum absolute atomic E-state index is 12.1. The minimum Gasteiger partial charge on any atom is -0.475 e. The fourth-order valence-electron chi connectivity index (χ4n) is 1.99. The summed E-state index contributed by atoms with van der Waals surface area (Å²) in [5.74, 6) is -1.44. The lowest BCUT2D eigenvalue weighted by Crippen LogP contribution is -2.20. The van der Waals surface area contributed by atoms with Crippen molar-refractivity contribution in [3.8, 4) is 0 Å². The molecule has 0 atom stereocenters. The van der Waals surface area contributed by atoms with Gasteiger partial charge in [0.25, 0.3) is 0 Å². The first-order valence-electron chi connectivity index (χ1n) is 6.92. The summed E-state index contributed by atoms with van der Waals surface area (Å²) in [7, 11) is 0. The zero-order chi connectivity index (χ0) is 18.6. The second-order valence-electron chi connectivity index (χ2n) is 4.94. The molecule has 2 amide bonds. The smallest absolute Gasteiger partial charge is 0.372 e. The fraction of sp³-hybridized carbons (Fsp3) is 0.133. The standard InChI is InChI=1S/C15H13Cl3N4O3/c1-8-6-9(16)2-3-10(8)19-15(25)21-12-7-22(5-4-11(17)18)13(20-12)14(23)24/h2-4,6-7H,5H2,1H3,(H,23,24)(H2,19,21,25). The Morgan fingerprint density at radius 1 is 1.32 bits per heavy atom. The van der Waals surface area contributed by atoms with Crippen LogP contribution in [-0.2, 0) is 6.54 Å². The van der Waals surface area contributed by atoms with Crippen LogP contribution < -0.4 is 10.6 Å². The number of aromatic carboxylic acids is 1. The Kier molecular flexibility index (Phi) is 6.30. The normalized spacial score (nSPS) is 10.2. The summed E-state index contributed by atoms with van der Waals surface area (Å²) in [5.41, 5.74) is 1.35. The number of carbonyl (C=O) groups excluding carboxylic acids is 1. The predicted octanol–water partition coefficient (Wildman–Crippen LogP) is 4.51. The number of amides is 2. The summed E-state index contributed by atoms with van der Waals surface area (Å²) in [5, 5.41) is 14.8. The third-order valence-corrected chi connectivity index (χ3v) is 3.63. The Bertz CT molecular complexity index is 845. The highest BCUT2D eigenvalue weighted by molar-refractivity contribution is 6.55. The van der Waals surface area contributed by atoms with Crippen molar-refractivity contribution in [2.75, 3.05) is 10.6 Å². The Morgan fingerprint density at radius 3 is 2.64 bits per heavy atom. The van der Waals surface area contributed by atoms with Crippen molar-refractivity contribution >= 4 is 58.3 Å². The van der Waals surface area contributed by atoms with Crippen molar-refractivity contribution in [1.82, 2.24) is 9.55 Å². The number of hydrogen-bond acceptors (Lipinski definition) is 3. The quantitative estimate of drug-likeness (QED) is 0.684. The number of rotatable bonds is 5. The van der Waals surface area contributed by atoms with Crippen LogP contribution in [0, 0.1) is 6.92 Å². The van der Waals surface area contributed by atoms with E-state index >= 15 is 0 Å². The van der Waals surface area contributed by atoms with E-state index in [4.69, 9.17) is 39.9 Å². The maximum atomic E-state index is 12.1. The maximum Gasteiger partial charge on any atom is 0.372 e. The first-order chi connectivity index (χ1) is 11.8. The number of carboxylic acids is 1. The van der Waals surface area contributed by atoms with Crippen molar-refractivity contribution in [3.63, 3.8) is 0 Å². The van der Waals surface area contributed by atoms with Gasteiger partial charge in [-0.1, -0.05) is 34.8 Å². The number of urea groups is 1. The number of allylic oxidation sites excluding steroid dienone is 1. The topological polar surface area (TPSA) is 96.2 Å². The largest absolute Gasteiger partial charge is 0.475 e. The Labute approximate surface area is 158 Å². The zero-order valence-electron chi connectivity index (χ0n) is 12.9. The van der Waals surface area contributed by atoms with E-state index in [-0.39, 0.29) is 22.7 Å². The summed E-state index contributed by atoms with van der Waals surface area (Å²) in [6.45, 7) is 1.89. The van der Waals surface area contributed by atoms with Crippen LogP contribution in [0.3, 0.4) is 0 Å². The number of halogens is 3. The molecule has 2 rings (SSSR count). The summed E-state index contributed by atoms with van der Waals surface area (Å²) in [6, 6.07) is 4.43. The number of aromatic nitrogens is 2. The van der Waals surface area contributed by atoms with Crippen molar-refractivity contribution in [2.45, 2.75) is 13.5 Å². The molecule has 0 radical (unpaired) electrons. The van der Waals surface area contributed by atoms with E-state index in [1.165, 1.54) is 16.8 Å². The third-order valence-electron chi connectivity index (χ3n) is 3.09. The molecule has 0 saturated carbocycles. The molecule has 0 saturated heterocycles. The fourth-order valence-corrected chi connectivity index (χ4v) is 2.36. The summed E-state index contributed by atoms with van der Waals surface area (Å²) in [6.07, 6.45) is 2.77. The van der Waals surface area contributed by atoms with Crippen LogP contribution in [0.1, 0.15) is 16.2 Å². The Balaban J connectivity index is 2.13. The molecule has 0 fully saturated rings. The highest BCUT2D eigenvalue weighted by atomic mass is 35.5. The SMILES string of the molecule is Cc1cc(Cl)ccc1NC(=O)Nc1cn(CC=C(Cl)Cl)c(C(=O)O)n1. The van der Waals surface area contributed by atoms with Crippen LogP contribution >= 0.6 is 34.8 Å². The molecule has 0 aliphatic rings. The number of anilines is 2. The Hall–Kier alpha value is -2.22. The van der Waals surface area contributed by atoms with Gasteiger partial charge in [0.2, 0.25) is 5.82 Å². The van der Waals surface area contributed by atoms with Gasteiger partial charge in [0.05, 0.1) is 0 Å². The van der Waals surface area contributed by atoms with Crippen LogP contribution in [0.2, 0.25) is 5.02 Å². The zero-order valence-corrected chi connectivity index (χ0v) is 15.2. The Morgan fingerprint density at radius 2 is 2.04 bits per heavy atom. The van der Waals surface area contributed by atoms with Crippen LogP contribution in [0.25, 0.3) is 0 Å². The summed E-state index contributed by atoms with van der Waals surface area (Å²) < 4.78 is 1.28. The molecular weight excluding hydrogens is 391 g/mol. The number of nitrogens with zero attached hydrogens (tertiary/aromatic N) is 2. The molecule has 132 valence electrons. The molecule has 1 aromatic carbocycles. The molecule has 3 N–H and O–H groups in total. The predicted molar refractivity (Wildman–Crippen MR) is 97.8 cm³/mol. The molecule has 7 nitrogen and oxygen atoms in total. The van der Waals surface area contributed by atoms with Crippen LogP contribution in [0.5, 0.6) is 0 Å². The van der Waals surface area contributed by atoms with Gasteiger partial charge in [-0.15, -0.1) is 0 Å². The van der Waals surface area contributed by atoms with Gasteiger partial charge in [-0.25, -0.2) is 14.6 Å². The van der Waals surface area contributed by atoms with E-state index in [1.807, 2.05) is 0 Å². The van der Waals surface area contributed by atoms with Gasteiger partial charge in [0.15, 0.2) is 5.82 Å². The molecule has 1 heterocycles. The van der Waals surface area contributed by atoms with Crippen molar-refractivity contribution in [2.24, 2.45) is 0 Å². The van der Waals surface area contributed by atoms with Crippen LogP contribution in [0.15, 0.2) is 35.0 Å². The lowest BCUT2D eigenvalue weighted by atomic mass is 10.2. The average Bonchev–Trinajstić information content (AvgIpc) is 2.91. The highest BCUT2D eigenvalue weighted by Gasteiger charge is 2.16. The number of hydrogen-bond donors (Lipinski definition) is 3. The number of carbonyl (C=O) groups is 2. The molecule has 10 heteroatoms. The monoisotopic (exact) mass is 402 g/mol. The molecule has 0 spiro atoms.